The maximum Gasteiger partial charge on any atom is 0.348 e. The molecule has 0 saturated carbocycles. The molecule has 0 atom stereocenters. The number of ether oxygens (including phenoxy) is 2. The highest BCUT2D eigenvalue weighted by atomic mass is 32.2. The zero-order valence-electron chi connectivity index (χ0n) is 18.0. The molecule has 0 aliphatic carbocycles. The van der Waals surface area contributed by atoms with E-state index in [-0.39, 0.29) is 39.3 Å². The molecule has 3 rings (SSSR count). The first-order valence-electron chi connectivity index (χ1n) is 9.89. The molecule has 0 saturated heterocycles. The van der Waals surface area contributed by atoms with E-state index in [0.717, 1.165) is 11.3 Å². The number of benzene rings is 1. The van der Waals surface area contributed by atoms with E-state index in [1.165, 1.54) is 24.3 Å². The van der Waals surface area contributed by atoms with Crippen molar-refractivity contribution in [2.75, 3.05) is 18.5 Å². The maximum atomic E-state index is 12.8. The van der Waals surface area contributed by atoms with Gasteiger partial charge in [-0.1, -0.05) is 18.2 Å². The fraction of sp³-hybridized carbons (Fsp3) is 0.227. The number of sulfone groups is 1. The number of esters is 2. The fourth-order valence-corrected chi connectivity index (χ4v) is 5.19. The summed E-state index contributed by atoms with van der Waals surface area (Å²) in [7, 11) is -3.95. The third-order valence-corrected chi connectivity index (χ3v) is 7.27. The van der Waals surface area contributed by atoms with Crippen molar-refractivity contribution in [3.8, 4) is 0 Å². The highest BCUT2D eigenvalue weighted by Crippen LogP contribution is 2.35. The summed E-state index contributed by atoms with van der Waals surface area (Å²) in [4.78, 5) is 37.7. The molecule has 0 fully saturated rings. The van der Waals surface area contributed by atoms with Gasteiger partial charge in [0.05, 0.1) is 23.7 Å². The van der Waals surface area contributed by atoms with E-state index < -0.39 is 32.8 Å². The van der Waals surface area contributed by atoms with E-state index in [4.69, 9.17) is 13.9 Å². The predicted molar refractivity (Wildman–Crippen MR) is 120 cm³/mol. The summed E-state index contributed by atoms with van der Waals surface area (Å²) in [6.07, 6.45) is 0. The molecule has 0 spiro atoms. The lowest BCUT2D eigenvalue weighted by Crippen LogP contribution is -2.14. The van der Waals surface area contributed by atoms with Gasteiger partial charge in [-0.15, -0.1) is 11.3 Å². The number of carbonyl (C=O) groups is 3. The van der Waals surface area contributed by atoms with Crippen molar-refractivity contribution in [1.82, 2.24) is 0 Å². The number of carbonyl (C=O) groups excluding carboxylic acids is 3. The molecule has 0 aliphatic rings. The van der Waals surface area contributed by atoms with Crippen molar-refractivity contribution in [3.63, 3.8) is 0 Å². The second-order valence-electron chi connectivity index (χ2n) is 6.59. The summed E-state index contributed by atoms with van der Waals surface area (Å²) in [6, 6.07) is 10.0. The lowest BCUT2D eigenvalue weighted by Gasteiger charge is -2.06. The van der Waals surface area contributed by atoms with E-state index in [2.05, 4.69) is 5.32 Å². The molecule has 3 aromatic rings. The van der Waals surface area contributed by atoms with Crippen molar-refractivity contribution in [3.05, 3.63) is 64.2 Å². The van der Waals surface area contributed by atoms with Crippen LogP contribution in [0.5, 0.6) is 0 Å². The first kappa shape index (κ1) is 24.2. The highest BCUT2D eigenvalue weighted by Gasteiger charge is 2.29. The van der Waals surface area contributed by atoms with Gasteiger partial charge in [-0.05, 0) is 50.6 Å². The Balaban J connectivity index is 1.92. The molecule has 2 aromatic heterocycles. The first-order chi connectivity index (χ1) is 15.7. The second kappa shape index (κ2) is 10.0. The molecule has 0 bridgehead atoms. The Morgan fingerprint density at radius 1 is 0.970 bits per heavy atom. The monoisotopic (exact) mass is 491 g/mol. The average Bonchev–Trinajstić information content (AvgIpc) is 3.40. The maximum absolute atomic E-state index is 12.8. The molecule has 1 amide bonds. The largest absolute Gasteiger partial charge is 0.462 e. The van der Waals surface area contributed by atoms with Gasteiger partial charge in [0.1, 0.15) is 9.88 Å². The van der Waals surface area contributed by atoms with Gasteiger partial charge in [-0.25, -0.2) is 18.0 Å². The van der Waals surface area contributed by atoms with Gasteiger partial charge in [0.25, 0.3) is 5.91 Å². The van der Waals surface area contributed by atoms with Crippen LogP contribution in [-0.2, 0) is 19.3 Å². The number of furan rings is 1. The Kier molecular flexibility index (Phi) is 7.34. The minimum atomic E-state index is -3.95. The molecule has 9 nitrogen and oxygen atoms in total. The Hall–Kier alpha value is -3.44. The van der Waals surface area contributed by atoms with Crippen LogP contribution in [-0.4, -0.2) is 39.5 Å². The summed E-state index contributed by atoms with van der Waals surface area (Å²) < 4.78 is 40.7. The number of hydrogen-bond donors (Lipinski definition) is 1. The van der Waals surface area contributed by atoms with Crippen LogP contribution in [0.4, 0.5) is 5.00 Å². The standard InChI is InChI=1S/C22H21NO8S2/c1-4-29-21(25)17-13(3)18(22(26)30-5-2)32-20(17)23-19(24)15-11-12-16(31-15)33(27,28)14-9-7-6-8-10-14/h6-12H,4-5H2,1-3H3,(H,23,24). The van der Waals surface area contributed by atoms with Crippen LogP contribution in [0.3, 0.4) is 0 Å². The molecule has 0 aliphatic heterocycles. The van der Waals surface area contributed by atoms with Gasteiger partial charge in [-0.2, -0.15) is 0 Å². The number of thiophene rings is 1. The zero-order chi connectivity index (χ0) is 24.2. The fourth-order valence-electron chi connectivity index (χ4n) is 2.91. The number of amides is 1. The SMILES string of the molecule is CCOC(=O)c1sc(NC(=O)c2ccc(S(=O)(=O)c3ccccc3)o2)c(C(=O)OCC)c1C. The molecule has 0 unspecified atom stereocenters. The Morgan fingerprint density at radius 3 is 2.24 bits per heavy atom. The smallest absolute Gasteiger partial charge is 0.348 e. The van der Waals surface area contributed by atoms with Crippen LogP contribution in [0.1, 0.15) is 50.0 Å². The summed E-state index contributed by atoms with van der Waals surface area (Å²) in [5, 5.41) is 2.17. The number of hydrogen-bond acceptors (Lipinski definition) is 9. The molecule has 0 radical (unpaired) electrons. The molecule has 1 aromatic carbocycles. The second-order valence-corrected chi connectivity index (χ2v) is 9.49. The van der Waals surface area contributed by atoms with Gasteiger partial charge in [0.15, 0.2) is 5.76 Å². The van der Waals surface area contributed by atoms with Gasteiger partial charge in [0.2, 0.25) is 14.9 Å². The van der Waals surface area contributed by atoms with Crippen LogP contribution in [0, 0.1) is 6.92 Å². The lowest BCUT2D eigenvalue weighted by molar-refractivity contribution is 0.0527. The van der Waals surface area contributed by atoms with Crippen molar-refractivity contribution in [2.45, 2.75) is 30.8 Å². The quantitative estimate of drug-likeness (QED) is 0.467. The normalized spacial score (nSPS) is 11.1. The average molecular weight is 492 g/mol. The van der Waals surface area contributed by atoms with Gasteiger partial charge >= 0.3 is 11.9 Å². The van der Waals surface area contributed by atoms with Crippen molar-refractivity contribution in [2.24, 2.45) is 0 Å². The number of anilines is 1. The van der Waals surface area contributed by atoms with E-state index in [0.29, 0.717) is 5.56 Å². The predicted octanol–water partition coefficient (Wildman–Crippen LogP) is 4.09. The van der Waals surface area contributed by atoms with Gasteiger partial charge < -0.3 is 19.2 Å². The molecule has 1 N–H and O–H groups in total. The molecular formula is C22H21NO8S2. The highest BCUT2D eigenvalue weighted by molar-refractivity contribution is 7.91. The Bertz CT molecular complexity index is 1290. The third kappa shape index (κ3) is 4.99. The van der Waals surface area contributed by atoms with Gasteiger partial charge in [0, 0.05) is 0 Å². The van der Waals surface area contributed by atoms with E-state index >= 15 is 0 Å². The molecular weight excluding hydrogens is 470 g/mol. The van der Waals surface area contributed by atoms with E-state index in [1.54, 1.807) is 39.0 Å². The van der Waals surface area contributed by atoms with Crippen molar-refractivity contribution in [1.29, 1.82) is 0 Å². The van der Waals surface area contributed by atoms with Crippen LogP contribution < -0.4 is 5.32 Å². The van der Waals surface area contributed by atoms with Crippen LogP contribution >= 0.6 is 11.3 Å². The lowest BCUT2D eigenvalue weighted by atomic mass is 10.1. The third-order valence-electron chi connectivity index (χ3n) is 4.44. The zero-order valence-corrected chi connectivity index (χ0v) is 19.7. The molecule has 2 heterocycles. The minimum Gasteiger partial charge on any atom is -0.462 e. The summed E-state index contributed by atoms with van der Waals surface area (Å²) in [6.45, 7) is 5.05. The summed E-state index contributed by atoms with van der Waals surface area (Å²) in [5.74, 6) is -2.45. The van der Waals surface area contributed by atoms with E-state index in [1.807, 2.05) is 0 Å². The molecule has 11 heteroatoms. The minimum absolute atomic E-state index is 0.0157. The van der Waals surface area contributed by atoms with Crippen LogP contribution in [0.15, 0.2) is 56.9 Å². The Labute approximate surface area is 194 Å². The molecule has 33 heavy (non-hydrogen) atoms. The first-order valence-corrected chi connectivity index (χ1v) is 12.2. The van der Waals surface area contributed by atoms with Crippen LogP contribution in [0.2, 0.25) is 0 Å². The summed E-state index contributed by atoms with van der Waals surface area (Å²) >= 11 is 0.853. The van der Waals surface area contributed by atoms with Crippen molar-refractivity contribution >= 4 is 44.0 Å². The summed E-state index contributed by atoms with van der Waals surface area (Å²) in [5.41, 5.74) is 0.320. The topological polar surface area (TPSA) is 129 Å². The Morgan fingerprint density at radius 2 is 1.61 bits per heavy atom. The molecule has 174 valence electrons. The number of nitrogens with one attached hydrogen (secondary N) is 1. The van der Waals surface area contributed by atoms with Gasteiger partial charge in [-0.3, -0.25) is 4.79 Å². The van der Waals surface area contributed by atoms with Crippen molar-refractivity contribution < 1.29 is 36.7 Å². The van der Waals surface area contributed by atoms with Crippen LogP contribution in [0.25, 0.3) is 0 Å². The van der Waals surface area contributed by atoms with E-state index in [9.17, 15) is 22.8 Å². The number of rotatable bonds is 8.